The zero-order valence-electron chi connectivity index (χ0n) is 15.6. The van der Waals surface area contributed by atoms with E-state index in [4.69, 9.17) is 25.6 Å². The van der Waals surface area contributed by atoms with Gasteiger partial charge in [0.15, 0.2) is 0 Å². The number of ether oxygens (including phenoxy) is 1. The van der Waals surface area contributed by atoms with Gasteiger partial charge in [-0.3, -0.25) is 0 Å². The molecule has 138 valence electrons. The summed E-state index contributed by atoms with van der Waals surface area (Å²) >= 11 is 6.30. The summed E-state index contributed by atoms with van der Waals surface area (Å²) in [6.07, 6.45) is 1.62. The maximum atomic E-state index is 13.6. The van der Waals surface area contributed by atoms with Crippen LogP contribution < -0.4 is 10.2 Å². The van der Waals surface area contributed by atoms with E-state index in [-0.39, 0.29) is 18.3 Å². The number of halogens is 2. The zero-order chi connectivity index (χ0) is 19.1. The third kappa shape index (κ3) is 3.73. The second-order valence-electron chi connectivity index (χ2n) is 7.52. The minimum absolute atomic E-state index is 0.180. The number of nitrogens with zero attached hydrogens (tertiary/aromatic N) is 1. The topological polar surface area (TPSA) is 40.6 Å². The summed E-state index contributed by atoms with van der Waals surface area (Å²) in [5, 5.41) is 0.352. The standard InChI is InChI=1S/C19H22BClFNO3/c1-12-6-7-13(8-16(12)22)11-24-17-15(21)9-14(10-23-17)20-25-18(2,3)19(4,5)26-20/h6-10H,11H2,1-5H3. The molecule has 0 spiro atoms. The van der Waals surface area contributed by atoms with Gasteiger partial charge in [-0.15, -0.1) is 0 Å². The van der Waals surface area contributed by atoms with E-state index in [1.807, 2.05) is 33.8 Å². The van der Waals surface area contributed by atoms with E-state index in [9.17, 15) is 4.39 Å². The second kappa shape index (κ2) is 6.84. The molecule has 2 heterocycles. The van der Waals surface area contributed by atoms with Crippen LogP contribution in [0.25, 0.3) is 0 Å². The van der Waals surface area contributed by atoms with Gasteiger partial charge in [0.1, 0.15) is 17.4 Å². The van der Waals surface area contributed by atoms with Gasteiger partial charge < -0.3 is 14.0 Å². The minimum atomic E-state index is -0.537. The van der Waals surface area contributed by atoms with Gasteiger partial charge in [0.05, 0.1) is 11.2 Å². The first kappa shape index (κ1) is 19.1. The quantitative estimate of drug-likeness (QED) is 0.753. The van der Waals surface area contributed by atoms with E-state index in [0.29, 0.717) is 16.1 Å². The largest absolute Gasteiger partial charge is 0.496 e. The monoisotopic (exact) mass is 377 g/mol. The highest BCUT2D eigenvalue weighted by molar-refractivity contribution is 6.62. The van der Waals surface area contributed by atoms with Gasteiger partial charge in [-0.1, -0.05) is 23.7 Å². The van der Waals surface area contributed by atoms with E-state index in [2.05, 4.69) is 4.98 Å². The van der Waals surface area contributed by atoms with E-state index >= 15 is 0 Å². The Morgan fingerprint density at radius 1 is 1.15 bits per heavy atom. The van der Waals surface area contributed by atoms with Crippen molar-refractivity contribution in [3.05, 3.63) is 52.4 Å². The molecular formula is C19H22BClFNO3. The lowest BCUT2D eigenvalue weighted by Gasteiger charge is -2.32. The number of aryl methyl sites for hydroxylation is 1. The molecule has 1 saturated heterocycles. The Bertz CT molecular complexity index is 812. The van der Waals surface area contributed by atoms with Crippen LogP contribution in [-0.4, -0.2) is 23.3 Å². The maximum Gasteiger partial charge on any atom is 0.496 e. The molecule has 0 radical (unpaired) electrons. The van der Waals surface area contributed by atoms with Crippen molar-refractivity contribution in [2.24, 2.45) is 0 Å². The van der Waals surface area contributed by atoms with E-state index in [1.54, 1.807) is 25.3 Å². The first-order chi connectivity index (χ1) is 12.1. The molecule has 0 aliphatic carbocycles. The van der Waals surface area contributed by atoms with Crippen LogP contribution in [0.2, 0.25) is 5.02 Å². The molecular weight excluding hydrogens is 355 g/mol. The molecule has 3 rings (SSSR count). The van der Waals surface area contributed by atoms with Crippen molar-refractivity contribution in [1.82, 2.24) is 4.98 Å². The van der Waals surface area contributed by atoms with E-state index in [0.717, 1.165) is 5.46 Å². The summed E-state index contributed by atoms with van der Waals surface area (Å²) < 4.78 is 31.2. The molecule has 26 heavy (non-hydrogen) atoms. The summed E-state index contributed by atoms with van der Waals surface area (Å²) in [6.45, 7) is 9.84. The van der Waals surface area contributed by atoms with Crippen molar-refractivity contribution in [3.63, 3.8) is 0 Å². The fourth-order valence-electron chi connectivity index (χ4n) is 2.53. The summed E-state index contributed by atoms with van der Waals surface area (Å²) in [5.74, 6) is 0.0224. The Hall–Kier alpha value is -1.63. The molecule has 0 unspecified atom stereocenters. The summed E-state index contributed by atoms with van der Waals surface area (Å²) in [7, 11) is -0.537. The van der Waals surface area contributed by atoms with Crippen molar-refractivity contribution < 1.29 is 18.4 Å². The molecule has 1 aliphatic rings. The van der Waals surface area contributed by atoms with Crippen molar-refractivity contribution in [2.45, 2.75) is 52.4 Å². The number of benzene rings is 1. The van der Waals surface area contributed by atoms with Crippen LogP contribution >= 0.6 is 11.6 Å². The molecule has 1 aromatic carbocycles. The van der Waals surface area contributed by atoms with Crippen LogP contribution in [0.1, 0.15) is 38.8 Å². The molecule has 0 N–H and O–H groups in total. The van der Waals surface area contributed by atoms with Gasteiger partial charge in [-0.2, -0.15) is 0 Å². The second-order valence-corrected chi connectivity index (χ2v) is 7.92. The molecule has 4 nitrogen and oxygen atoms in total. The number of hydrogen-bond donors (Lipinski definition) is 0. The highest BCUT2D eigenvalue weighted by Gasteiger charge is 2.51. The highest BCUT2D eigenvalue weighted by Crippen LogP contribution is 2.36. The molecule has 0 amide bonds. The van der Waals surface area contributed by atoms with Crippen LogP contribution in [0.15, 0.2) is 30.5 Å². The lowest BCUT2D eigenvalue weighted by molar-refractivity contribution is 0.00578. The number of hydrogen-bond acceptors (Lipinski definition) is 4. The predicted molar refractivity (Wildman–Crippen MR) is 100 cm³/mol. The van der Waals surface area contributed by atoms with E-state index in [1.165, 1.54) is 6.07 Å². The zero-order valence-corrected chi connectivity index (χ0v) is 16.4. The Kier molecular flexibility index (Phi) is 5.03. The fraction of sp³-hybridized carbons (Fsp3) is 0.421. The van der Waals surface area contributed by atoms with Crippen molar-refractivity contribution in [3.8, 4) is 5.88 Å². The smallest absolute Gasteiger partial charge is 0.472 e. The van der Waals surface area contributed by atoms with Gasteiger partial charge >= 0.3 is 7.12 Å². The lowest BCUT2D eigenvalue weighted by atomic mass is 9.80. The Labute approximate surface area is 158 Å². The van der Waals surface area contributed by atoms with Crippen LogP contribution in [0.4, 0.5) is 4.39 Å². The molecule has 1 fully saturated rings. The molecule has 7 heteroatoms. The fourth-order valence-corrected chi connectivity index (χ4v) is 2.76. The average molecular weight is 378 g/mol. The van der Waals surface area contributed by atoms with Crippen LogP contribution in [0.3, 0.4) is 0 Å². The van der Waals surface area contributed by atoms with Gasteiger partial charge in [-0.25, -0.2) is 9.37 Å². The van der Waals surface area contributed by atoms with Crippen LogP contribution in [-0.2, 0) is 15.9 Å². The summed E-state index contributed by atoms with van der Waals surface area (Å²) in [5.41, 5.74) is 1.16. The SMILES string of the molecule is Cc1ccc(COc2ncc(B3OC(C)(C)C(C)(C)O3)cc2Cl)cc1F. The maximum absolute atomic E-state index is 13.6. The highest BCUT2D eigenvalue weighted by atomic mass is 35.5. The normalized spacial score (nSPS) is 18.2. The Balaban J connectivity index is 1.71. The van der Waals surface area contributed by atoms with Gasteiger partial charge in [-0.05, 0) is 57.9 Å². The Morgan fingerprint density at radius 2 is 1.81 bits per heavy atom. The predicted octanol–water partition coefficient (Wildman–Crippen LogP) is 4.06. The van der Waals surface area contributed by atoms with Gasteiger partial charge in [0.2, 0.25) is 5.88 Å². The third-order valence-corrected chi connectivity index (χ3v) is 5.24. The van der Waals surface area contributed by atoms with Crippen molar-refractivity contribution in [1.29, 1.82) is 0 Å². The van der Waals surface area contributed by atoms with Gasteiger partial charge in [0.25, 0.3) is 0 Å². The van der Waals surface area contributed by atoms with Crippen molar-refractivity contribution >= 4 is 24.2 Å². The molecule has 0 saturated carbocycles. The number of pyridine rings is 1. The first-order valence-electron chi connectivity index (χ1n) is 8.48. The summed E-state index contributed by atoms with van der Waals surface area (Å²) in [6, 6.07) is 6.69. The van der Waals surface area contributed by atoms with Crippen molar-refractivity contribution in [2.75, 3.05) is 0 Å². The molecule has 2 aromatic rings. The number of rotatable bonds is 4. The molecule has 1 aliphatic heterocycles. The lowest BCUT2D eigenvalue weighted by Crippen LogP contribution is -2.41. The molecule has 0 bridgehead atoms. The first-order valence-corrected chi connectivity index (χ1v) is 8.86. The van der Waals surface area contributed by atoms with E-state index < -0.39 is 18.3 Å². The molecule has 1 aromatic heterocycles. The van der Waals surface area contributed by atoms with Crippen LogP contribution in [0.5, 0.6) is 5.88 Å². The minimum Gasteiger partial charge on any atom is -0.472 e. The van der Waals surface area contributed by atoms with Gasteiger partial charge in [0, 0.05) is 11.7 Å². The van der Waals surface area contributed by atoms with Crippen LogP contribution in [0, 0.1) is 12.7 Å². The third-order valence-electron chi connectivity index (χ3n) is 4.97. The number of aromatic nitrogens is 1. The Morgan fingerprint density at radius 3 is 2.38 bits per heavy atom. The molecule has 0 atom stereocenters. The average Bonchev–Trinajstić information content (AvgIpc) is 2.77. The summed E-state index contributed by atoms with van der Waals surface area (Å²) in [4.78, 5) is 4.27.